The van der Waals surface area contributed by atoms with Gasteiger partial charge in [-0.2, -0.15) is 0 Å². The van der Waals surface area contributed by atoms with Gasteiger partial charge in [0.1, 0.15) is 10.3 Å². The summed E-state index contributed by atoms with van der Waals surface area (Å²) in [6.45, 7) is 2.01. The maximum Gasteiger partial charge on any atom is 0.143 e. The summed E-state index contributed by atoms with van der Waals surface area (Å²) < 4.78 is 1.23. The summed E-state index contributed by atoms with van der Waals surface area (Å²) in [6, 6.07) is 12.3. The van der Waals surface area contributed by atoms with E-state index < -0.39 is 0 Å². The van der Waals surface area contributed by atoms with Gasteiger partial charge in [0.2, 0.25) is 0 Å². The van der Waals surface area contributed by atoms with Gasteiger partial charge in [-0.05, 0) is 31.2 Å². The van der Waals surface area contributed by atoms with Crippen LogP contribution in [-0.2, 0) is 6.42 Å². The van der Waals surface area contributed by atoms with Gasteiger partial charge in [-0.25, -0.2) is 15.0 Å². The van der Waals surface area contributed by atoms with Crippen LogP contribution in [0.5, 0.6) is 0 Å². The predicted molar refractivity (Wildman–Crippen MR) is 84.6 cm³/mol. The number of thiazole rings is 2. The van der Waals surface area contributed by atoms with E-state index in [2.05, 4.69) is 39.2 Å². The van der Waals surface area contributed by atoms with Gasteiger partial charge >= 0.3 is 0 Å². The smallest absolute Gasteiger partial charge is 0.143 e. The molecule has 0 amide bonds. The highest BCUT2D eigenvalue weighted by molar-refractivity contribution is 7.18. The molecule has 0 saturated carbocycles. The second kappa shape index (κ2) is 4.61. The molecule has 0 aliphatic carbocycles. The molecule has 0 radical (unpaired) electrons. The van der Waals surface area contributed by atoms with Crippen LogP contribution in [0, 0.1) is 6.92 Å². The Morgan fingerprint density at radius 3 is 2.70 bits per heavy atom. The van der Waals surface area contributed by atoms with Crippen LogP contribution in [0.1, 0.15) is 15.7 Å². The quantitative estimate of drug-likeness (QED) is 0.556. The number of hydrogen-bond acceptors (Lipinski definition) is 5. The normalized spacial score (nSPS) is 11.4. The Morgan fingerprint density at radius 1 is 0.900 bits per heavy atom. The van der Waals surface area contributed by atoms with E-state index >= 15 is 0 Å². The van der Waals surface area contributed by atoms with Crippen molar-refractivity contribution >= 4 is 43.2 Å². The van der Waals surface area contributed by atoms with Gasteiger partial charge in [-0.1, -0.05) is 23.5 Å². The zero-order valence-electron chi connectivity index (χ0n) is 10.8. The number of rotatable bonds is 2. The topological polar surface area (TPSA) is 38.7 Å². The third-order valence-corrected chi connectivity index (χ3v) is 5.01. The fraction of sp³-hybridized carbons (Fsp3) is 0.133. The number of para-hydroxylation sites is 1. The fourth-order valence-corrected chi connectivity index (χ4v) is 4.00. The van der Waals surface area contributed by atoms with Crippen molar-refractivity contribution in [2.45, 2.75) is 13.3 Å². The minimum Gasteiger partial charge on any atom is -0.241 e. The Bertz CT molecular complexity index is 875. The van der Waals surface area contributed by atoms with Crippen LogP contribution in [0.4, 0.5) is 0 Å². The molecule has 0 atom stereocenters. The van der Waals surface area contributed by atoms with Crippen LogP contribution in [0.3, 0.4) is 0 Å². The molecule has 3 heterocycles. The Balaban J connectivity index is 1.72. The molecule has 0 fully saturated rings. The van der Waals surface area contributed by atoms with E-state index in [1.807, 2.05) is 19.1 Å². The van der Waals surface area contributed by atoms with Crippen molar-refractivity contribution in [3.05, 3.63) is 52.1 Å². The van der Waals surface area contributed by atoms with Crippen LogP contribution < -0.4 is 0 Å². The van der Waals surface area contributed by atoms with E-state index in [9.17, 15) is 0 Å². The average molecular weight is 297 g/mol. The second-order valence-electron chi connectivity index (χ2n) is 4.61. The van der Waals surface area contributed by atoms with Crippen molar-refractivity contribution in [1.29, 1.82) is 0 Å². The first-order valence-electron chi connectivity index (χ1n) is 6.35. The molecule has 98 valence electrons. The molecular formula is C15H11N3S2. The molecule has 3 nitrogen and oxygen atoms in total. The van der Waals surface area contributed by atoms with Crippen LogP contribution in [0.2, 0.25) is 0 Å². The van der Waals surface area contributed by atoms with Crippen LogP contribution in [-0.4, -0.2) is 15.0 Å². The fourth-order valence-electron chi connectivity index (χ4n) is 2.21. The summed E-state index contributed by atoms with van der Waals surface area (Å²) >= 11 is 3.38. The lowest BCUT2D eigenvalue weighted by molar-refractivity contribution is 1.08. The Morgan fingerprint density at radius 2 is 1.80 bits per heavy atom. The lowest BCUT2D eigenvalue weighted by Crippen LogP contribution is -1.90. The van der Waals surface area contributed by atoms with Crippen LogP contribution in [0.25, 0.3) is 20.6 Å². The molecule has 3 aromatic heterocycles. The molecule has 0 aliphatic heterocycles. The lowest BCUT2D eigenvalue weighted by atomic mass is 10.3. The molecule has 0 bridgehead atoms. The minimum atomic E-state index is 0.784. The maximum absolute atomic E-state index is 4.68. The first-order chi connectivity index (χ1) is 9.78. The molecule has 5 heteroatoms. The van der Waals surface area contributed by atoms with E-state index in [0.29, 0.717) is 0 Å². The highest BCUT2D eigenvalue weighted by atomic mass is 32.1. The summed E-state index contributed by atoms with van der Waals surface area (Å²) in [5.41, 5.74) is 3.11. The van der Waals surface area contributed by atoms with Crippen molar-refractivity contribution in [1.82, 2.24) is 15.0 Å². The Hall–Kier alpha value is -1.85. The van der Waals surface area contributed by atoms with Crippen molar-refractivity contribution in [3.8, 4) is 0 Å². The Kier molecular flexibility index (Phi) is 2.75. The molecule has 0 unspecified atom stereocenters. The van der Waals surface area contributed by atoms with Crippen molar-refractivity contribution in [3.63, 3.8) is 0 Å². The van der Waals surface area contributed by atoms with Crippen LogP contribution in [0.15, 0.2) is 36.4 Å². The Labute approximate surface area is 124 Å². The number of benzene rings is 1. The number of nitrogens with zero attached hydrogens (tertiary/aromatic N) is 3. The van der Waals surface area contributed by atoms with Gasteiger partial charge in [-0.15, -0.1) is 11.3 Å². The monoisotopic (exact) mass is 297 g/mol. The maximum atomic E-state index is 4.68. The summed E-state index contributed by atoms with van der Waals surface area (Å²) in [5, 5.41) is 2.17. The standard InChI is InChI=1S/C15H11N3S2/c1-9-16-12-7-6-10(17-15(12)19-9)8-14-18-11-4-2-3-5-13(11)20-14/h2-7H,8H2,1H3. The lowest BCUT2D eigenvalue weighted by Gasteiger charge is -1.96. The molecule has 0 spiro atoms. The molecule has 4 rings (SSSR count). The average Bonchev–Trinajstić information content (AvgIpc) is 2.99. The van der Waals surface area contributed by atoms with Gasteiger partial charge in [0.15, 0.2) is 0 Å². The molecule has 0 aliphatic rings. The van der Waals surface area contributed by atoms with Crippen molar-refractivity contribution in [2.75, 3.05) is 0 Å². The third-order valence-electron chi connectivity index (χ3n) is 3.09. The molecule has 4 aromatic rings. The molecule has 0 N–H and O–H groups in total. The highest BCUT2D eigenvalue weighted by Gasteiger charge is 2.07. The SMILES string of the molecule is Cc1nc2ccc(Cc3nc4ccccc4s3)nc2s1. The zero-order valence-corrected chi connectivity index (χ0v) is 12.5. The summed E-state index contributed by atoms with van der Waals surface area (Å²) in [7, 11) is 0. The molecule has 20 heavy (non-hydrogen) atoms. The number of aromatic nitrogens is 3. The van der Waals surface area contributed by atoms with E-state index in [0.717, 1.165) is 38.0 Å². The number of hydrogen-bond donors (Lipinski definition) is 0. The van der Waals surface area contributed by atoms with E-state index in [4.69, 9.17) is 0 Å². The van der Waals surface area contributed by atoms with Gasteiger partial charge in [-0.3, -0.25) is 0 Å². The van der Waals surface area contributed by atoms with Gasteiger partial charge < -0.3 is 0 Å². The van der Waals surface area contributed by atoms with Crippen molar-refractivity contribution < 1.29 is 0 Å². The summed E-state index contributed by atoms with van der Waals surface area (Å²) in [6.07, 6.45) is 0.784. The van der Waals surface area contributed by atoms with Crippen LogP contribution >= 0.6 is 22.7 Å². The summed E-state index contributed by atoms with van der Waals surface area (Å²) in [5.74, 6) is 0. The van der Waals surface area contributed by atoms with Gasteiger partial charge in [0, 0.05) is 12.1 Å². The van der Waals surface area contributed by atoms with E-state index in [-0.39, 0.29) is 0 Å². The molecule has 0 saturated heterocycles. The second-order valence-corrected chi connectivity index (χ2v) is 6.91. The number of pyridine rings is 1. The summed E-state index contributed by atoms with van der Waals surface area (Å²) in [4.78, 5) is 14.8. The predicted octanol–water partition coefficient (Wildman–Crippen LogP) is 4.20. The van der Waals surface area contributed by atoms with Gasteiger partial charge in [0.05, 0.1) is 20.2 Å². The molecule has 1 aromatic carbocycles. The molecular weight excluding hydrogens is 286 g/mol. The first-order valence-corrected chi connectivity index (χ1v) is 7.99. The number of fused-ring (bicyclic) bond motifs is 2. The third kappa shape index (κ3) is 2.09. The first kappa shape index (κ1) is 11.9. The number of aryl methyl sites for hydroxylation is 1. The van der Waals surface area contributed by atoms with E-state index in [1.165, 1.54) is 4.70 Å². The largest absolute Gasteiger partial charge is 0.241 e. The van der Waals surface area contributed by atoms with E-state index in [1.54, 1.807) is 22.7 Å². The van der Waals surface area contributed by atoms with Crippen molar-refractivity contribution in [2.24, 2.45) is 0 Å². The minimum absolute atomic E-state index is 0.784. The highest BCUT2D eigenvalue weighted by Crippen LogP contribution is 2.25. The van der Waals surface area contributed by atoms with Gasteiger partial charge in [0.25, 0.3) is 0 Å². The zero-order chi connectivity index (χ0) is 13.5.